The first-order chi connectivity index (χ1) is 11.0. The largest absolute Gasteiger partial charge is 0.399 e. The van der Waals surface area contributed by atoms with Gasteiger partial charge in [0.2, 0.25) is 0 Å². The van der Waals surface area contributed by atoms with Gasteiger partial charge >= 0.3 is 0 Å². The van der Waals surface area contributed by atoms with Crippen LogP contribution in [0.25, 0.3) is 0 Å². The molecule has 6 heteroatoms. The number of halogens is 1. The number of hydrazone groups is 1. The second-order valence-electron chi connectivity index (χ2n) is 5.12. The Hall–Kier alpha value is -2.53. The fourth-order valence-corrected chi connectivity index (χ4v) is 2.16. The van der Waals surface area contributed by atoms with Crippen LogP contribution in [0.2, 0.25) is 5.02 Å². The summed E-state index contributed by atoms with van der Waals surface area (Å²) in [6.07, 6.45) is 0. The number of rotatable bonds is 5. The van der Waals surface area contributed by atoms with E-state index in [9.17, 15) is 4.79 Å². The van der Waals surface area contributed by atoms with Gasteiger partial charge in [0.1, 0.15) is 0 Å². The Morgan fingerprint density at radius 2 is 2.00 bits per heavy atom. The van der Waals surface area contributed by atoms with E-state index >= 15 is 0 Å². The summed E-state index contributed by atoms with van der Waals surface area (Å²) in [7, 11) is 0. The van der Waals surface area contributed by atoms with E-state index in [2.05, 4.69) is 15.8 Å². The van der Waals surface area contributed by atoms with Gasteiger partial charge in [-0.3, -0.25) is 4.79 Å². The first-order valence-electron chi connectivity index (χ1n) is 7.15. The summed E-state index contributed by atoms with van der Waals surface area (Å²) >= 11 is 6.04. The van der Waals surface area contributed by atoms with E-state index in [1.54, 1.807) is 18.2 Å². The van der Waals surface area contributed by atoms with E-state index in [1.165, 1.54) is 0 Å². The number of amides is 1. The van der Waals surface area contributed by atoms with Crippen molar-refractivity contribution in [2.24, 2.45) is 5.10 Å². The molecule has 0 saturated carbocycles. The van der Waals surface area contributed by atoms with Crippen LogP contribution in [0.5, 0.6) is 0 Å². The molecule has 0 aliphatic carbocycles. The average Bonchev–Trinajstić information content (AvgIpc) is 2.54. The molecule has 2 aromatic rings. The van der Waals surface area contributed by atoms with Crippen molar-refractivity contribution in [3.63, 3.8) is 0 Å². The first-order valence-corrected chi connectivity index (χ1v) is 7.53. The molecule has 2 aromatic carbocycles. The maximum absolute atomic E-state index is 11.9. The van der Waals surface area contributed by atoms with Crippen molar-refractivity contribution in [3.8, 4) is 0 Å². The van der Waals surface area contributed by atoms with E-state index in [4.69, 9.17) is 17.3 Å². The minimum Gasteiger partial charge on any atom is -0.399 e. The molecule has 0 radical (unpaired) electrons. The Bertz CT molecular complexity index is 743. The highest BCUT2D eigenvalue weighted by atomic mass is 35.5. The molecule has 120 valence electrons. The van der Waals surface area contributed by atoms with Gasteiger partial charge in [0.15, 0.2) is 0 Å². The molecule has 0 saturated heterocycles. The fraction of sp³-hybridized carbons (Fsp3) is 0.176. The van der Waals surface area contributed by atoms with Crippen LogP contribution in [0.4, 0.5) is 11.4 Å². The van der Waals surface area contributed by atoms with Crippen molar-refractivity contribution in [1.82, 2.24) is 5.43 Å². The normalized spacial score (nSPS) is 11.2. The Morgan fingerprint density at radius 3 is 2.74 bits per heavy atom. The minimum atomic E-state index is -0.243. The highest BCUT2D eigenvalue weighted by Gasteiger charge is 2.05. The van der Waals surface area contributed by atoms with Gasteiger partial charge in [-0.05, 0) is 49.2 Å². The molecule has 0 bridgehead atoms. The third kappa shape index (κ3) is 4.72. The quantitative estimate of drug-likeness (QED) is 0.447. The highest BCUT2D eigenvalue weighted by Crippen LogP contribution is 2.22. The van der Waals surface area contributed by atoms with E-state index in [1.807, 2.05) is 38.1 Å². The predicted molar refractivity (Wildman–Crippen MR) is 95.9 cm³/mol. The second kappa shape index (κ2) is 7.65. The molecule has 4 N–H and O–H groups in total. The Kier molecular flexibility index (Phi) is 5.60. The number of hydrogen-bond acceptors (Lipinski definition) is 4. The van der Waals surface area contributed by atoms with Gasteiger partial charge in [-0.2, -0.15) is 5.10 Å². The van der Waals surface area contributed by atoms with Crippen LogP contribution < -0.4 is 16.5 Å². The molecule has 0 atom stereocenters. The monoisotopic (exact) mass is 330 g/mol. The number of nitrogen functional groups attached to an aromatic ring is 1. The zero-order valence-corrected chi connectivity index (χ0v) is 13.8. The van der Waals surface area contributed by atoms with Crippen molar-refractivity contribution in [2.45, 2.75) is 13.8 Å². The summed E-state index contributed by atoms with van der Waals surface area (Å²) in [6.45, 7) is 3.81. The van der Waals surface area contributed by atoms with Crippen LogP contribution >= 0.6 is 11.6 Å². The highest BCUT2D eigenvalue weighted by molar-refractivity contribution is 6.31. The van der Waals surface area contributed by atoms with Crippen molar-refractivity contribution in [3.05, 3.63) is 58.6 Å². The molecule has 1 amide bonds. The lowest BCUT2D eigenvalue weighted by molar-refractivity contribution is -0.119. The topological polar surface area (TPSA) is 79.5 Å². The molecule has 0 unspecified atom stereocenters. The van der Waals surface area contributed by atoms with Gasteiger partial charge < -0.3 is 11.1 Å². The summed E-state index contributed by atoms with van der Waals surface area (Å²) in [5.74, 6) is -0.243. The van der Waals surface area contributed by atoms with E-state index in [0.717, 1.165) is 16.8 Å². The smallest absolute Gasteiger partial charge is 0.259 e. The number of hydrogen-bond donors (Lipinski definition) is 3. The summed E-state index contributed by atoms with van der Waals surface area (Å²) in [5, 5.41) is 7.78. The SMILES string of the molecule is C/C(=N\NC(=O)CNc1cccc(Cl)c1C)c1cccc(N)c1. The van der Waals surface area contributed by atoms with Crippen LogP contribution in [0, 0.1) is 6.92 Å². The molecule has 0 aliphatic heterocycles. The number of carbonyl (C=O) groups is 1. The standard InChI is InChI=1S/C17H19ClN4O/c1-11-15(18)7-4-8-16(11)20-10-17(23)22-21-12(2)13-5-3-6-14(19)9-13/h3-9,20H,10,19H2,1-2H3,(H,22,23)/b21-12+. The number of benzene rings is 2. The van der Waals surface area contributed by atoms with Crippen LogP contribution in [0.15, 0.2) is 47.6 Å². The molecule has 0 fully saturated rings. The van der Waals surface area contributed by atoms with E-state index in [0.29, 0.717) is 16.4 Å². The van der Waals surface area contributed by atoms with Crippen LogP contribution in [0.1, 0.15) is 18.1 Å². The number of nitrogens with two attached hydrogens (primary N) is 1. The molecule has 0 heterocycles. The van der Waals surface area contributed by atoms with Crippen LogP contribution in [-0.4, -0.2) is 18.2 Å². The summed E-state index contributed by atoms with van der Waals surface area (Å²) < 4.78 is 0. The molecule has 0 spiro atoms. The number of carbonyl (C=O) groups excluding carboxylic acids is 1. The maximum Gasteiger partial charge on any atom is 0.259 e. The molecule has 23 heavy (non-hydrogen) atoms. The lowest BCUT2D eigenvalue weighted by atomic mass is 10.1. The van der Waals surface area contributed by atoms with Gasteiger partial charge in [-0.15, -0.1) is 0 Å². The molecule has 5 nitrogen and oxygen atoms in total. The number of nitrogens with one attached hydrogen (secondary N) is 2. The zero-order valence-electron chi connectivity index (χ0n) is 13.1. The Morgan fingerprint density at radius 1 is 1.26 bits per heavy atom. The molecule has 0 aliphatic rings. The van der Waals surface area contributed by atoms with E-state index < -0.39 is 0 Å². The minimum absolute atomic E-state index is 0.106. The lowest BCUT2D eigenvalue weighted by Crippen LogP contribution is -2.27. The van der Waals surface area contributed by atoms with Gasteiger partial charge in [0.05, 0.1) is 12.3 Å². The molecule has 2 rings (SSSR count). The average molecular weight is 331 g/mol. The molecule has 0 aromatic heterocycles. The van der Waals surface area contributed by atoms with Crippen molar-refractivity contribution >= 4 is 34.6 Å². The van der Waals surface area contributed by atoms with Crippen molar-refractivity contribution in [1.29, 1.82) is 0 Å². The maximum atomic E-state index is 11.9. The summed E-state index contributed by atoms with van der Waals surface area (Å²) in [5.41, 5.74) is 12.2. The van der Waals surface area contributed by atoms with Gasteiger partial charge in [-0.1, -0.05) is 29.8 Å². The fourth-order valence-electron chi connectivity index (χ4n) is 1.99. The molecular formula is C17H19ClN4O. The second-order valence-corrected chi connectivity index (χ2v) is 5.53. The predicted octanol–water partition coefficient (Wildman–Crippen LogP) is 3.18. The van der Waals surface area contributed by atoms with Crippen molar-refractivity contribution < 1.29 is 4.79 Å². The van der Waals surface area contributed by atoms with Gasteiger partial charge in [0, 0.05) is 16.4 Å². The van der Waals surface area contributed by atoms with Crippen molar-refractivity contribution in [2.75, 3.05) is 17.6 Å². The van der Waals surface area contributed by atoms with Gasteiger partial charge in [-0.25, -0.2) is 5.43 Å². The number of anilines is 2. The zero-order chi connectivity index (χ0) is 16.8. The van der Waals surface area contributed by atoms with Crippen LogP contribution in [0.3, 0.4) is 0 Å². The van der Waals surface area contributed by atoms with Crippen LogP contribution in [-0.2, 0) is 4.79 Å². The number of nitrogens with zero attached hydrogens (tertiary/aromatic N) is 1. The Balaban J connectivity index is 1.92. The first kappa shape index (κ1) is 16.8. The lowest BCUT2D eigenvalue weighted by Gasteiger charge is -2.10. The van der Waals surface area contributed by atoms with Gasteiger partial charge in [0.25, 0.3) is 5.91 Å². The third-order valence-corrected chi connectivity index (χ3v) is 3.77. The molecular weight excluding hydrogens is 312 g/mol. The Labute approximate surface area is 140 Å². The third-order valence-electron chi connectivity index (χ3n) is 3.36. The summed E-state index contributed by atoms with van der Waals surface area (Å²) in [4.78, 5) is 11.9. The summed E-state index contributed by atoms with van der Waals surface area (Å²) in [6, 6.07) is 12.8. The van der Waals surface area contributed by atoms with E-state index in [-0.39, 0.29) is 12.5 Å².